The van der Waals surface area contributed by atoms with Crippen molar-refractivity contribution in [2.24, 2.45) is 0 Å². The Morgan fingerprint density at radius 3 is 2.67 bits per heavy atom. The van der Waals surface area contributed by atoms with Crippen LogP contribution in [-0.4, -0.2) is 29.1 Å². The topological polar surface area (TPSA) is 66.5 Å². The Morgan fingerprint density at radius 1 is 1.22 bits per heavy atom. The van der Waals surface area contributed by atoms with E-state index in [-0.39, 0.29) is 10.7 Å². The normalized spacial score (nSPS) is 22.4. The summed E-state index contributed by atoms with van der Waals surface area (Å²) in [5, 5.41) is 2.24. The summed E-state index contributed by atoms with van der Waals surface area (Å²) in [5.41, 5.74) is 1.16. The van der Waals surface area contributed by atoms with E-state index in [1.54, 1.807) is 23.1 Å². The van der Waals surface area contributed by atoms with Crippen LogP contribution in [0.3, 0.4) is 0 Å². The fourth-order valence-corrected chi connectivity index (χ4v) is 2.89. The number of imide groups is 1. The van der Waals surface area contributed by atoms with Crippen molar-refractivity contribution >= 4 is 39.3 Å². The van der Waals surface area contributed by atoms with Crippen molar-refractivity contribution in [3.63, 3.8) is 0 Å². The number of nitrogens with one attached hydrogen (secondary N) is 1. The number of carbonyl (C=O) groups excluding carboxylic acids is 3. The maximum Gasteiger partial charge on any atom is 0.261 e. The van der Waals surface area contributed by atoms with E-state index < -0.39 is 11.8 Å². The van der Waals surface area contributed by atoms with Crippen LogP contribution in [0.1, 0.15) is 27.1 Å². The Balaban J connectivity index is 2.12. The van der Waals surface area contributed by atoms with Gasteiger partial charge in [0.2, 0.25) is 5.91 Å². The standard InChI is InChI=1S/C12H9BrN2O3/c13-6-4-9(16)15(5-6)8-3-1-2-7-10(8)12(18)14-11(7)17/h1-3,6H,4-5H2,(H,14,17,18). The lowest BCUT2D eigenvalue weighted by Crippen LogP contribution is -2.27. The molecule has 0 bridgehead atoms. The molecule has 1 aromatic carbocycles. The van der Waals surface area contributed by atoms with Crippen LogP contribution in [0.15, 0.2) is 18.2 Å². The van der Waals surface area contributed by atoms with Gasteiger partial charge in [-0.2, -0.15) is 0 Å². The van der Waals surface area contributed by atoms with Crippen LogP contribution in [0.25, 0.3) is 0 Å². The first-order chi connectivity index (χ1) is 8.58. The van der Waals surface area contributed by atoms with E-state index >= 15 is 0 Å². The van der Waals surface area contributed by atoms with E-state index in [0.717, 1.165) is 0 Å². The van der Waals surface area contributed by atoms with Crippen molar-refractivity contribution in [2.45, 2.75) is 11.2 Å². The summed E-state index contributed by atoms with van der Waals surface area (Å²) in [6, 6.07) is 4.96. The van der Waals surface area contributed by atoms with Gasteiger partial charge in [0.1, 0.15) is 0 Å². The first-order valence-corrected chi connectivity index (χ1v) is 6.42. The third-order valence-electron chi connectivity index (χ3n) is 3.11. The quantitative estimate of drug-likeness (QED) is 0.623. The fraction of sp³-hybridized carbons (Fsp3) is 0.250. The zero-order valence-corrected chi connectivity index (χ0v) is 10.9. The third-order valence-corrected chi connectivity index (χ3v) is 3.72. The molecule has 0 saturated carbocycles. The zero-order chi connectivity index (χ0) is 12.9. The number of amides is 3. The second kappa shape index (κ2) is 3.91. The van der Waals surface area contributed by atoms with Crippen LogP contribution in [0.5, 0.6) is 0 Å². The number of carbonyl (C=O) groups is 3. The van der Waals surface area contributed by atoms with Crippen molar-refractivity contribution < 1.29 is 14.4 Å². The molecule has 1 saturated heterocycles. The molecule has 1 unspecified atom stereocenters. The lowest BCUT2D eigenvalue weighted by atomic mass is 10.1. The highest BCUT2D eigenvalue weighted by Gasteiger charge is 2.36. The average molecular weight is 309 g/mol. The third kappa shape index (κ3) is 1.56. The summed E-state index contributed by atoms with van der Waals surface area (Å²) in [5.74, 6) is -0.882. The lowest BCUT2D eigenvalue weighted by molar-refractivity contribution is -0.117. The number of rotatable bonds is 1. The minimum Gasteiger partial charge on any atom is -0.310 e. The minimum atomic E-state index is -0.434. The Labute approximate surface area is 111 Å². The van der Waals surface area contributed by atoms with Gasteiger partial charge in [0.05, 0.1) is 16.8 Å². The number of anilines is 1. The lowest BCUT2D eigenvalue weighted by Gasteiger charge is -2.18. The molecule has 0 radical (unpaired) electrons. The number of nitrogens with zero attached hydrogens (tertiary/aromatic N) is 1. The molecule has 92 valence electrons. The summed E-state index contributed by atoms with van der Waals surface area (Å²) in [6.07, 6.45) is 0.402. The van der Waals surface area contributed by atoms with E-state index in [1.165, 1.54) is 0 Å². The summed E-state index contributed by atoms with van der Waals surface area (Å²) >= 11 is 3.39. The van der Waals surface area contributed by atoms with E-state index in [0.29, 0.717) is 29.8 Å². The first-order valence-electron chi connectivity index (χ1n) is 5.51. The summed E-state index contributed by atoms with van der Waals surface area (Å²) in [6.45, 7) is 0.511. The smallest absolute Gasteiger partial charge is 0.261 e. The van der Waals surface area contributed by atoms with Gasteiger partial charge in [0, 0.05) is 17.8 Å². The van der Waals surface area contributed by atoms with E-state index in [1.807, 2.05) is 0 Å². The number of halogens is 1. The van der Waals surface area contributed by atoms with E-state index in [4.69, 9.17) is 0 Å². The van der Waals surface area contributed by atoms with Crippen LogP contribution in [0.2, 0.25) is 0 Å². The van der Waals surface area contributed by atoms with Gasteiger partial charge in [0.15, 0.2) is 0 Å². The van der Waals surface area contributed by atoms with Gasteiger partial charge in [-0.3, -0.25) is 19.7 Å². The van der Waals surface area contributed by atoms with Gasteiger partial charge >= 0.3 is 0 Å². The van der Waals surface area contributed by atoms with Crippen molar-refractivity contribution in [1.82, 2.24) is 5.32 Å². The molecule has 1 N–H and O–H groups in total. The molecule has 2 heterocycles. The molecule has 0 spiro atoms. The van der Waals surface area contributed by atoms with Gasteiger partial charge in [-0.1, -0.05) is 22.0 Å². The van der Waals surface area contributed by atoms with Gasteiger partial charge in [-0.25, -0.2) is 0 Å². The van der Waals surface area contributed by atoms with Crippen molar-refractivity contribution in [2.75, 3.05) is 11.4 Å². The molecule has 3 amide bonds. The number of fused-ring (bicyclic) bond motifs is 1. The average Bonchev–Trinajstić information content (AvgIpc) is 2.80. The molecule has 18 heavy (non-hydrogen) atoms. The van der Waals surface area contributed by atoms with Gasteiger partial charge in [-0.05, 0) is 12.1 Å². The summed E-state index contributed by atoms with van der Waals surface area (Å²) in [4.78, 5) is 36.8. The molecule has 0 aliphatic carbocycles. The van der Waals surface area contributed by atoms with Crippen LogP contribution in [-0.2, 0) is 4.79 Å². The Hall–Kier alpha value is -1.69. The second-order valence-electron chi connectivity index (χ2n) is 4.29. The minimum absolute atomic E-state index is 0.0441. The maximum atomic E-state index is 11.9. The highest BCUT2D eigenvalue weighted by molar-refractivity contribution is 9.09. The Bertz CT molecular complexity index is 585. The highest BCUT2D eigenvalue weighted by atomic mass is 79.9. The van der Waals surface area contributed by atoms with E-state index in [2.05, 4.69) is 21.2 Å². The molecular formula is C12H9BrN2O3. The monoisotopic (exact) mass is 308 g/mol. The molecule has 6 heteroatoms. The van der Waals surface area contributed by atoms with Crippen LogP contribution in [0, 0.1) is 0 Å². The summed E-state index contributed by atoms with van der Waals surface area (Å²) < 4.78 is 0. The molecule has 1 atom stereocenters. The number of benzene rings is 1. The molecule has 2 aliphatic rings. The molecule has 0 aromatic heterocycles. The fourth-order valence-electron chi connectivity index (χ4n) is 2.32. The van der Waals surface area contributed by atoms with Crippen molar-refractivity contribution in [3.05, 3.63) is 29.3 Å². The Morgan fingerprint density at radius 2 is 2.00 bits per heavy atom. The second-order valence-corrected chi connectivity index (χ2v) is 5.58. The predicted octanol–water partition coefficient (Wildman–Crippen LogP) is 1.07. The van der Waals surface area contributed by atoms with Gasteiger partial charge in [0.25, 0.3) is 11.8 Å². The molecule has 1 fully saturated rings. The van der Waals surface area contributed by atoms with Gasteiger partial charge < -0.3 is 4.90 Å². The van der Waals surface area contributed by atoms with Crippen molar-refractivity contribution in [1.29, 1.82) is 0 Å². The predicted molar refractivity (Wildman–Crippen MR) is 67.9 cm³/mol. The summed E-state index contributed by atoms with van der Waals surface area (Å²) in [7, 11) is 0. The highest BCUT2D eigenvalue weighted by Crippen LogP contribution is 2.31. The number of alkyl halides is 1. The Kier molecular flexibility index (Phi) is 2.48. The van der Waals surface area contributed by atoms with Crippen LogP contribution in [0.4, 0.5) is 5.69 Å². The largest absolute Gasteiger partial charge is 0.310 e. The number of hydrogen-bond donors (Lipinski definition) is 1. The zero-order valence-electron chi connectivity index (χ0n) is 9.27. The first kappa shape index (κ1) is 11.4. The maximum absolute atomic E-state index is 11.9. The van der Waals surface area contributed by atoms with E-state index in [9.17, 15) is 14.4 Å². The van der Waals surface area contributed by atoms with Crippen molar-refractivity contribution in [3.8, 4) is 0 Å². The number of hydrogen-bond acceptors (Lipinski definition) is 3. The molecule has 1 aromatic rings. The van der Waals surface area contributed by atoms with Crippen LogP contribution < -0.4 is 10.2 Å². The SMILES string of the molecule is O=C1NC(=O)c2c1cccc2N1CC(Br)CC1=O. The van der Waals surface area contributed by atoms with Gasteiger partial charge in [-0.15, -0.1) is 0 Å². The molecule has 5 nitrogen and oxygen atoms in total. The molecular weight excluding hydrogens is 300 g/mol. The molecule has 2 aliphatic heterocycles. The van der Waals surface area contributed by atoms with Crippen LogP contribution >= 0.6 is 15.9 Å². The molecule has 3 rings (SSSR count).